The number of halogens is 1. The molecule has 31 heavy (non-hydrogen) atoms. The average molecular weight is 443 g/mol. The molecule has 1 atom stereocenters. The SMILES string of the molecule is Cc1cccc(C)c1CNc1cc(NC(=O)[C@H]2CNCCN2)cn2c(C)c(C)nc12.Cl. The second-order valence-corrected chi connectivity index (χ2v) is 8.04. The van der Waals surface area contributed by atoms with Crippen LogP contribution in [0.3, 0.4) is 0 Å². The van der Waals surface area contributed by atoms with Crippen LogP contribution in [0.1, 0.15) is 28.1 Å². The van der Waals surface area contributed by atoms with E-state index in [1.54, 1.807) is 0 Å². The Kier molecular flexibility index (Phi) is 7.20. The second kappa shape index (κ2) is 9.68. The van der Waals surface area contributed by atoms with Gasteiger partial charge in [0.2, 0.25) is 5.91 Å². The zero-order valence-corrected chi connectivity index (χ0v) is 19.3. The van der Waals surface area contributed by atoms with E-state index in [2.05, 4.69) is 53.3 Å². The zero-order chi connectivity index (χ0) is 21.3. The fraction of sp³-hybridized carbons (Fsp3) is 0.391. The topological polar surface area (TPSA) is 82.5 Å². The van der Waals surface area contributed by atoms with Crippen LogP contribution in [0.2, 0.25) is 0 Å². The maximum atomic E-state index is 12.7. The van der Waals surface area contributed by atoms with E-state index in [9.17, 15) is 4.79 Å². The van der Waals surface area contributed by atoms with Crippen LogP contribution in [0.4, 0.5) is 11.4 Å². The fourth-order valence-electron chi connectivity index (χ4n) is 3.95. The Morgan fingerprint density at radius 3 is 2.61 bits per heavy atom. The summed E-state index contributed by atoms with van der Waals surface area (Å²) in [5.41, 5.74) is 8.37. The van der Waals surface area contributed by atoms with Gasteiger partial charge in [-0.2, -0.15) is 0 Å². The molecule has 1 fully saturated rings. The van der Waals surface area contributed by atoms with Crippen LogP contribution in [0, 0.1) is 27.7 Å². The first-order valence-corrected chi connectivity index (χ1v) is 10.5. The highest BCUT2D eigenvalue weighted by Crippen LogP contribution is 2.26. The van der Waals surface area contributed by atoms with Crippen molar-refractivity contribution in [3.05, 3.63) is 58.5 Å². The smallest absolute Gasteiger partial charge is 0.242 e. The van der Waals surface area contributed by atoms with Gasteiger partial charge >= 0.3 is 0 Å². The van der Waals surface area contributed by atoms with E-state index in [0.29, 0.717) is 13.1 Å². The maximum absolute atomic E-state index is 12.7. The Morgan fingerprint density at radius 1 is 1.19 bits per heavy atom. The number of rotatable bonds is 5. The molecule has 4 rings (SSSR count). The molecule has 4 N–H and O–H groups in total. The fourth-order valence-corrected chi connectivity index (χ4v) is 3.95. The number of amides is 1. The summed E-state index contributed by atoms with van der Waals surface area (Å²) in [5, 5.41) is 13.1. The Morgan fingerprint density at radius 2 is 1.94 bits per heavy atom. The first-order valence-electron chi connectivity index (χ1n) is 10.5. The molecule has 1 amide bonds. The predicted octanol–water partition coefficient (Wildman–Crippen LogP) is 3.10. The van der Waals surface area contributed by atoms with Crippen LogP contribution in [0.15, 0.2) is 30.5 Å². The van der Waals surface area contributed by atoms with E-state index in [-0.39, 0.29) is 24.4 Å². The van der Waals surface area contributed by atoms with Gasteiger partial charge in [0.25, 0.3) is 0 Å². The van der Waals surface area contributed by atoms with Crippen LogP contribution in [-0.4, -0.2) is 41.0 Å². The first kappa shape index (κ1) is 23.1. The Bertz CT molecular complexity index is 1070. The van der Waals surface area contributed by atoms with Gasteiger partial charge in [0.15, 0.2) is 5.65 Å². The number of aryl methyl sites for hydroxylation is 4. The average Bonchev–Trinajstić information content (AvgIpc) is 3.02. The summed E-state index contributed by atoms with van der Waals surface area (Å²) in [4.78, 5) is 17.5. The molecule has 3 aromatic rings. The zero-order valence-electron chi connectivity index (χ0n) is 18.5. The molecular weight excluding hydrogens is 412 g/mol. The van der Waals surface area contributed by atoms with Gasteiger partial charge in [-0.05, 0) is 50.5 Å². The molecule has 7 nitrogen and oxygen atoms in total. The molecule has 2 aromatic heterocycles. The normalized spacial score (nSPS) is 16.1. The molecule has 0 spiro atoms. The summed E-state index contributed by atoms with van der Waals surface area (Å²) in [6.45, 7) is 11.3. The van der Waals surface area contributed by atoms with Crippen LogP contribution in [0.5, 0.6) is 0 Å². The van der Waals surface area contributed by atoms with Crippen LogP contribution in [0.25, 0.3) is 5.65 Å². The number of fused-ring (bicyclic) bond motifs is 1. The van der Waals surface area contributed by atoms with E-state index < -0.39 is 0 Å². The summed E-state index contributed by atoms with van der Waals surface area (Å²) in [6, 6.07) is 8.09. The molecule has 0 saturated carbocycles. The Labute approximate surface area is 189 Å². The number of hydrogen-bond donors (Lipinski definition) is 4. The molecule has 1 aromatic carbocycles. The minimum Gasteiger partial charge on any atom is -0.378 e. The lowest BCUT2D eigenvalue weighted by molar-refractivity contribution is -0.118. The van der Waals surface area contributed by atoms with Crippen LogP contribution < -0.4 is 21.3 Å². The van der Waals surface area contributed by atoms with Crippen molar-refractivity contribution in [2.24, 2.45) is 0 Å². The number of hydrogen-bond acceptors (Lipinski definition) is 5. The number of nitrogens with one attached hydrogen (secondary N) is 4. The third-order valence-corrected chi connectivity index (χ3v) is 5.92. The predicted molar refractivity (Wildman–Crippen MR) is 128 cm³/mol. The summed E-state index contributed by atoms with van der Waals surface area (Å²) < 4.78 is 2.05. The first-order chi connectivity index (χ1) is 14.4. The molecule has 0 aliphatic carbocycles. The van der Waals surface area contributed by atoms with Crippen LogP contribution >= 0.6 is 12.4 Å². The highest BCUT2D eigenvalue weighted by atomic mass is 35.5. The van der Waals surface area contributed by atoms with Gasteiger partial charge in [0.05, 0.1) is 23.1 Å². The molecule has 3 heterocycles. The molecule has 0 radical (unpaired) electrons. The van der Waals surface area contributed by atoms with Crippen molar-refractivity contribution in [1.82, 2.24) is 20.0 Å². The van der Waals surface area contributed by atoms with E-state index in [1.807, 2.05) is 30.5 Å². The molecule has 0 bridgehead atoms. The number of benzene rings is 1. The van der Waals surface area contributed by atoms with Crippen molar-refractivity contribution in [3.8, 4) is 0 Å². The number of pyridine rings is 1. The second-order valence-electron chi connectivity index (χ2n) is 8.04. The quantitative estimate of drug-likeness (QED) is 0.488. The van der Waals surface area contributed by atoms with Crippen LogP contribution in [-0.2, 0) is 11.3 Å². The molecule has 8 heteroatoms. The molecule has 1 aliphatic heterocycles. The van der Waals surface area contributed by atoms with E-state index >= 15 is 0 Å². The summed E-state index contributed by atoms with van der Waals surface area (Å²) in [7, 11) is 0. The lowest BCUT2D eigenvalue weighted by Gasteiger charge is -2.23. The third kappa shape index (κ3) is 4.84. The van der Waals surface area contributed by atoms with Gasteiger partial charge in [0, 0.05) is 38.1 Å². The van der Waals surface area contributed by atoms with E-state index in [4.69, 9.17) is 4.98 Å². The Balaban J connectivity index is 0.00000272. The van der Waals surface area contributed by atoms with Gasteiger partial charge in [-0.1, -0.05) is 18.2 Å². The maximum Gasteiger partial charge on any atom is 0.242 e. The number of nitrogens with zero attached hydrogens (tertiary/aromatic N) is 2. The van der Waals surface area contributed by atoms with Gasteiger partial charge in [0.1, 0.15) is 0 Å². The Hall–Kier alpha value is -2.61. The van der Waals surface area contributed by atoms with Gasteiger partial charge in [-0.15, -0.1) is 12.4 Å². The summed E-state index contributed by atoms with van der Waals surface area (Å²) in [5.74, 6) is -0.0308. The van der Waals surface area contributed by atoms with Gasteiger partial charge in [-0.25, -0.2) is 4.98 Å². The molecule has 0 unspecified atom stereocenters. The molecular formula is C23H31ClN6O. The minimum absolute atomic E-state index is 0. The van der Waals surface area contributed by atoms with Crippen molar-refractivity contribution in [2.45, 2.75) is 40.3 Å². The van der Waals surface area contributed by atoms with Crippen molar-refractivity contribution >= 4 is 35.3 Å². The number of anilines is 2. The number of aromatic nitrogens is 2. The lowest BCUT2D eigenvalue weighted by atomic mass is 10.0. The van der Waals surface area contributed by atoms with Crippen molar-refractivity contribution in [3.63, 3.8) is 0 Å². The van der Waals surface area contributed by atoms with Gasteiger partial charge in [-0.3, -0.25) is 4.79 Å². The number of piperazine rings is 1. The van der Waals surface area contributed by atoms with E-state index in [0.717, 1.165) is 41.5 Å². The number of carbonyl (C=O) groups is 1. The monoisotopic (exact) mass is 442 g/mol. The molecule has 1 saturated heterocycles. The summed E-state index contributed by atoms with van der Waals surface area (Å²) in [6.07, 6.45) is 1.95. The molecule has 1 aliphatic rings. The molecule has 166 valence electrons. The summed E-state index contributed by atoms with van der Waals surface area (Å²) >= 11 is 0. The van der Waals surface area contributed by atoms with E-state index in [1.165, 1.54) is 16.7 Å². The highest BCUT2D eigenvalue weighted by Gasteiger charge is 2.21. The standard InChI is InChI=1S/C23H30N6O.ClH/c1-14-6-5-7-15(2)19(14)11-26-20-10-18(13-29-17(4)16(3)27-22(20)29)28-23(30)21-12-24-8-9-25-21;/h5-7,10,13,21,24-26H,8-9,11-12H2,1-4H3,(H,28,30);1H/t21-;/m1./s1. The largest absolute Gasteiger partial charge is 0.378 e. The third-order valence-electron chi connectivity index (χ3n) is 5.92. The lowest BCUT2D eigenvalue weighted by Crippen LogP contribution is -2.54. The van der Waals surface area contributed by atoms with Crippen molar-refractivity contribution in [1.29, 1.82) is 0 Å². The van der Waals surface area contributed by atoms with Gasteiger partial charge < -0.3 is 25.7 Å². The highest BCUT2D eigenvalue weighted by molar-refractivity contribution is 5.96. The minimum atomic E-state index is -0.230. The number of imidazole rings is 1. The van der Waals surface area contributed by atoms with Crippen molar-refractivity contribution < 1.29 is 4.79 Å². The number of carbonyl (C=O) groups excluding carboxylic acids is 1. The van der Waals surface area contributed by atoms with Crippen molar-refractivity contribution in [2.75, 3.05) is 30.3 Å².